The van der Waals surface area contributed by atoms with Crippen LogP contribution in [-0.2, 0) is 18.2 Å². The molecule has 1 saturated heterocycles. The van der Waals surface area contributed by atoms with E-state index in [0.29, 0.717) is 0 Å². The Morgan fingerprint density at radius 1 is 1.22 bits per heavy atom. The van der Waals surface area contributed by atoms with Crippen LogP contribution < -0.4 is 5.73 Å². The first kappa shape index (κ1) is 20.6. The van der Waals surface area contributed by atoms with Gasteiger partial charge in [-0.2, -0.15) is 4.31 Å². The van der Waals surface area contributed by atoms with E-state index in [-0.39, 0.29) is 28.4 Å². The summed E-state index contributed by atoms with van der Waals surface area (Å²) in [6.45, 7) is -4.71. The Labute approximate surface area is 154 Å². The Kier molecular flexibility index (Phi) is 5.62. The number of nitrogens with zero attached hydrogens (tertiary/aromatic N) is 4. The molecule has 5 atom stereocenters. The van der Waals surface area contributed by atoms with E-state index in [4.69, 9.17) is 20.3 Å². The van der Waals surface area contributed by atoms with Gasteiger partial charge in [0.25, 0.3) is 0 Å². The average molecular weight is 443 g/mol. The van der Waals surface area contributed by atoms with Crippen molar-refractivity contribution in [1.29, 1.82) is 0 Å². The van der Waals surface area contributed by atoms with Gasteiger partial charge in [0, 0.05) is 5.75 Å². The minimum atomic E-state index is -5.18. The van der Waals surface area contributed by atoms with Gasteiger partial charge in [-0.15, -0.1) is 0 Å². The Morgan fingerprint density at radius 3 is 2.59 bits per heavy atom. The quantitative estimate of drug-likeness (QED) is 0.294. The van der Waals surface area contributed by atoms with Crippen LogP contribution in [0.1, 0.15) is 6.23 Å². The lowest BCUT2D eigenvalue weighted by molar-refractivity contribution is -0.0288. The van der Waals surface area contributed by atoms with Crippen molar-refractivity contribution in [2.75, 3.05) is 11.5 Å². The van der Waals surface area contributed by atoms with Gasteiger partial charge in [0.2, 0.25) is 0 Å². The third-order valence-electron chi connectivity index (χ3n) is 3.61. The number of imidazole rings is 1. The van der Waals surface area contributed by atoms with Gasteiger partial charge in [0.05, 0.1) is 12.4 Å². The summed E-state index contributed by atoms with van der Waals surface area (Å²) in [7, 11) is -5.18. The number of nitrogens with two attached hydrogens (primary N) is 1. The molecule has 0 bridgehead atoms. The van der Waals surface area contributed by atoms with Crippen LogP contribution in [0.25, 0.3) is 11.2 Å². The molecule has 7 N–H and O–H groups in total. The fourth-order valence-electron chi connectivity index (χ4n) is 2.48. The molecule has 3 rings (SSSR count). The van der Waals surface area contributed by atoms with E-state index in [1.165, 1.54) is 17.2 Å². The zero-order valence-electron chi connectivity index (χ0n) is 13.2. The monoisotopic (exact) mass is 443 g/mol. The molecule has 14 nitrogen and oxygen atoms in total. The van der Waals surface area contributed by atoms with E-state index >= 15 is 0 Å². The lowest BCUT2D eigenvalue weighted by atomic mass is 10.1. The van der Waals surface area contributed by atoms with Crippen LogP contribution in [0.2, 0.25) is 0 Å². The summed E-state index contributed by atoms with van der Waals surface area (Å²) < 4.78 is 33.0. The van der Waals surface area contributed by atoms with Crippen molar-refractivity contribution in [2.45, 2.75) is 24.5 Å². The second-order valence-electron chi connectivity index (χ2n) is 5.47. The zero-order chi connectivity index (χ0) is 20.0. The summed E-state index contributed by atoms with van der Waals surface area (Å²) in [6, 6.07) is 0. The first-order chi connectivity index (χ1) is 12.5. The van der Waals surface area contributed by atoms with Crippen LogP contribution in [0.5, 0.6) is 0 Å². The van der Waals surface area contributed by atoms with Crippen molar-refractivity contribution >= 4 is 43.0 Å². The Balaban J connectivity index is 1.75. The largest absolute Gasteiger partial charge is 0.477 e. The molecule has 2 aromatic rings. The highest BCUT2D eigenvalue weighted by molar-refractivity contribution is 8.55. The molecule has 17 heteroatoms. The summed E-state index contributed by atoms with van der Waals surface area (Å²) in [6.07, 6.45) is -2.72. The molecule has 0 aromatic carbocycles. The fraction of sp³-hybridized carbons (Fsp3) is 0.500. The van der Waals surface area contributed by atoms with Crippen molar-refractivity contribution in [2.24, 2.45) is 0 Å². The number of aliphatic hydroxyl groups is 2. The van der Waals surface area contributed by atoms with E-state index in [1.54, 1.807) is 0 Å². The summed E-state index contributed by atoms with van der Waals surface area (Å²) in [5, 5.41) is 20.4. The van der Waals surface area contributed by atoms with E-state index in [9.17, 15) is 24.2 Å². The first-order valence-corrected chi connectivity index (χ1v) is 11.9. The standard InChI is InChI=1S/C10H15N5O9P2S/c11-8-5-9(13-2-12-8)15(3-14-5)10-7(17)6(16)4(23-10)1-27-26(21,22)24-25(18,19)20/h2-4,6-7,10,16-17H,1H2,(H,21,22)(H2,11,12,13)(H2,18,19,20)/t4-,6-,7-,10-/m1/s1. The third kappa shape index (κ3) is 4.49. The molecule has 27 heavy (non-hydrogen) atoms. The smallest absolute Gasteiger partial charge is 0.387 e. The highest BCUT2D eigenvalue weighted by atomic mass is 32.7. The van der Waals surface area contributed by atoms with Gasteiger partial charge in [0.15, 0.2) is 17.7 Å². The van der Waals surface area contributed by atoms with Gasteiger partial charge in [-0.05, 0) is 11.4 Å². The molecule has 0 saturated carbocycles. The molecule has 1 unspecified atom stereocenters. The minimum Gasteiger partial charge on any atom is -0.387 e. The number of ether oxygens (including phenoxy) is 1. The molecular weight excluding hydrogens is 428 g/mol. The maximum atomic E-state index is 11.7. The highest BCUT2D eigenvalue weighted by Crippen LogP contribution is 2.65. The molecule has 150 valence electrons. The van der Waals surface area contributed by atoms with Crippen LogP contribution in [0, 0.1) is 0 Å². The number of aliphatic hydroxyl groups excluding tert-OH is 2. The minimum absolute atomic E-state index is 0.106. The van der Waals surface area contributed by atoms with E-state index in [1.807, 2.05) is 0 Å². The van der Waals surface area contributed by atoms with Crippen LogP contribution in [-0.4, -0.2) is 68.5 Å². The van der Waals surface area contributed by atoms with Crippen LogP contribution in [0.3, 0.4) is 0 Å². The Bertz CT molecular complexity index is 937. The molecule has 0 spiro atoms. The van der Waals surface area contributed by atoms with Gasteiger partial charge in [-0.1, -0.05) is 0 Å². The van der Waals surface area contributed by atoms with Gasteiger partial charge in [-0.25, -0.2) is 24.1 Å². The van der Waals surface area contributed by atoms with Crippen LogP contribution in [0.15, 0.2) is 12.7 Å². The maximum absolute atomic E-state index is 11.7. The SMILES string of the molecule is Nc1ncnc2c1ncn2[C@@H]1O[C@H](CSP(=O)(O)OP(=O)(O)O)[C@@H](O)[C@H]1O. The van der Waals surface area contributed by atoms with E-state index in [0.717, 1.165) is 0 Å². The molecule has 3 heterocycles. The Morgan fingerprint density at radius 2 is 1.93 bits per heavy atom. The number of nitrogen functional groups attached to an aromatic ring is 1. The first-order valence-electron chi connectivity index (χ1n) is 7.17. The summed E-state index contributed by atoms with van der Waals surface area (Å²) in [5.41, 5.74) is 6.18. The van der Waals surface area contributed by atoms with Crippen LogP contribution in [0.4, 0.5) is 5.82 Å². The van der Waals surface area contributed by atoms with Gasteiger partial charge >= 0.3 is 14.6 Å². The van der Waals surface area contributed by atoms with Crippen molar-refractivity contribution in [3.05, 3.63) is 12.7 Å². The fourth-order valence-corrected chi connectivity index (χ4v) is 6.57. The number of fused-ring (bicyclic) bond motifs is 1. The second-order valence-corrected chi connectivity index (χ2v) is 10.8. The van der Waals surface area contributed by atoms with Crippen molar-refractivity contribution in [3.63, 3.8) is 0 Å². The molecule has 1 fully saturated rings. The number of rotatable bonds is 6. The highest BCUT2D eigenvalue weighted by Gasteiger charge is 2.45. The number of anilines is 1. The van der Waals surface area contributed by atoms with Crippen LogP contribution >= 0.6 is 26.0 Å². The van der Waals surface area contributed by atoms with Gasteiger partial charge in [0.1, 0.15) is 24.1 Å². The maximum Gasteiger partial charge on any atom is 0.477 e. The summed E-state index contributed by atoms with van der Waals surface area (Å²) >= 11 is 0.144. The van der Waals surface area contributed by atoms with Crippen molar-refractivity contribution in [1.82, 2.24) is 19.5 Å². The second kappa shape index (κ2) is 7.37. The number of hydrogen-bond acceptors (Lipinski definition) is 11. The van der Waals surface area contributed by atoms with Gasteiger partial charge in [-0.3, -0.25) is 4.57 Å². The number of aromatic nitrogens is 4. The zero-order valence-corrected chi connectivity index (χ0v) is 15.8. The normalized spacial score (nSPS) is 28.5. The molecule has 1 aliphatic rings. The number of hydrogen-bond donors (Lipinski definition) is 6. The van der Waals surface area contributed by atoms with Crippen molar-refractivity contribution in [3.8, 4) is 0 Å². The van der Waals surface area contributed by atoms with Crippen molar-refractivity contribution < 1.29 is 43.1 Å². The third-order valence-corrected chi connectivity index (χ3v) is 8.12. The summed E-state index contributed by atoms with van der Waals surface area (Å²) in [5.74, 6) is -0.290. The van der Waals surface area contributed by atoms with E-state index < -0.39 is 44.9 Å². The number of phosphoric acid groups is 1. The predicted octanol–water partition coefficient (Wildman–Crippen LogP) is -1.03. The topological polar surface area (TPSA) is 223 Å². The van der Waals surface area contributed by atoms with E-state index in [2.05, 4.69) is 19.3 Å². The Hall–Kier alpha value is -1.12. The summed E-state index contributed by atoms with van der Waals surface area (Å²) in [4.78, 5) is 38.5. The lowest BCUT2D eigenvalue weighted by Gasteiger charge is -2.17. The molecular formula is C10H15N5O9P2S. The molecule has 0 amide bonds. The lowest BCUT2D eigenvalue weighted by Crippen LogP contribution is -2.32. The molecule has 1 aliphatic heterocycles. The molecule has 2 aromatic heterocycles. The average Bonchev–Trinajstić information content (AvgIpc) is 3.07. The predicted molar refractivity (Wildman–Crippen MR) is 91.1 cm³/mol. The molecule has 0 aliphatic carbocycles. The van der Waals surface area contributed by atoms with Gasteiger partial charge < -0.3 is 35.4 Å². The molecule has 0 radical (unpaired) electrons.